The Kier molecular flexibility index (Phi) is 6.19. The third-order valence-corrected chi connectivity index (χ3v) is 5.87. The first-order valence-corrected chi connectivity index (χ1v) is 10.7. The van der Waals surface area contributed by atoms with Crippen molar-refractivity contribution in [3.63, 3.8) is 0 Å². The van der Waals surface area contributed by atoms with Gasteiger partial charge in [-0.1, -0.05) is 23.9 Å². The van der Waals surface area contributed by atoms with Crippen LogP contribution < -0.4 is 10.9 Å². The van der Waals surface area contributed by atoms with E-state index in [-0.39, 0.29) is 10.7 Å². The summed E-state index contributed by atoms with van der Waals surface area (Å²) in [5, 5.41) is 1.95. The zero-order chi connectivity index (χ0) is 23.7. The van der Waals surface area contributed by atoms with Crippen molar-refractivity contribution in [3.8, 4) is 5.82 Å². The molecule has 0 aliphatic carbocycles. The lowest BCUT2D eigenvalue weighted by atomic mass is 10.2. The molecular formula is C23H17F3N4O2S. The molecule has 1 N–H and O–H groups in total. The lowest BCUT2D eigenvalue weighted by Gasteiger charge is -2.16. The lowest BCUT2D eigenvalue weighted by molar-refractivity contribution is -0.115. The Balaban J connectivity index is 1.72. The maximum atomic E-state index is 14.0. The van der Waals surface area contributed by atoms with Gasteiger partial charge in [-0.3, -0.25) is 9.59 Å². The van der Waals surface area contributed by atoms with Crippen molar-refractivity contribution in [2.75, 3.05) is 5.32 Å². The number of aromatic nitrogens is 3. The second kappa shape index (κ2) is 9.07. The van der Waals surface area contributed by atoms with Gasteiger partial charge in [0.05, 0.1) is 21.8 Å². The minimum atomic E-state index is -1.68. The Morgan fingerprint density at radius 1 is 1.09 bits per heavy atom. The summed E-state index contributed by atoms with van der Waals surface area (Å²) in [6.07, 6.45) is 1.56. The summed E-state index contributed by atoms with van der Waals surface area (Å²) in [5.74, 6) is -4.88. The van der Waals surface area contributed by atoms with Crippen LogP contribution in [0.4, 0.5) is 18.9 Å². The molecule has 1 atom stereocenters. The van der Waals surface area contributed by atoms with E-state index in [1.165, 1.54) is 11.5 Å². The van der Waals surface area contributed by atoms with Crippen LogP contribution in [0.25, 0.3) is 16.7 Å². The van der Waals surface area contributed by atoms with Gasteiger partial charge in [-0.2, -0.15) is 0 Å². The fourth-order valence-corrected chi connectivity index (χ4v) is 4.02. The number of pyridine rings is 1. The molecular weight excluding hydrogens is 453 g/mol. The SMILES string of the molecule is Cc1ccnc(-n2c(SC(C)C(=O)Nc3ccc(F)c(F)c3F)nc3ccccc3c2=O)c1. The molecule has 0 aliphatic rings. The molecule has 0 spiro atoms. The van der Waals surface area contributed by atoms with Crippen LogP contribution >= 0.6 is 11.8 Å². The molecule has 1 amide bonds. The predicted octanol–water partition coefficient (Wildman–Crippen LogP) is 4.63. The lowest BCUT2D eigenvalue weighted by Crippen LogP contribution is -2.27. The van der Waals surface area contributed by atoms with Crippen molar-refractivity contribution in [2.45, 2.75) is 24.3 Å². The van der Waals surface area contributed by atoms with Crippen LogP contribution in [-0.2, 0) is 4.79 Å². The minimum absolute atomic E-state index is 0.199. The highest BCUT2D eigenvalue weighted by molar-refractivity contribution is 8.00. The summed E-state index contributed by atoms with van der Waals surface area (Å²) < 4.78 is 41.9. The maximum absolute atomic E-state index is 14.0. The van der Waals surface area contributed by atoms with E-state index in [0.29, 0.717) is 16.7 Å². The third-order valence-electron chi connectivity index (χ3n) is 4.82. The molecule has 2 aromatic heterocycles. The summed E-state index contributed by atoms with van der Waals surface area (Å²) in [4.78, 5) is 34.7. The molecule has 0 bridgehead atoms. The maximum Gasteiger partial charge on any atom is 0.267 e. The Bertz CT molecular complexity index is 1440. The average molecular weight is 470 g/mol. The minimum Gasteiger partial charge on any atom is -0.323 e. The van der Waals surface area contributed by atoms with Crippen molar-refractivity contribution >= 4 is 34.3 Å². The summed E-state index contributed by atoms with van der Waals surface area (Å²) >= 11 is 0.950. The molecule has 4 rings (SSSR count). The molecule has 0 fully saturated rings. The van der Waals surface area contributed by atoms with Gasteiger partial charge in [0.1, 0.15) is 5.82 Å². The zero-order valence-corrected chi connectivity index (χ0v) is 18.3. The molecule has 2 heterocycles. The summed E-state index contributed by atoms with van der Waals surface area (Å²) in [7, 11) is 0. The van der Waals surface area contributed by atoms with Gasteiger partial charge in [-0.05, 0) is 55.8 Å². The van der Waals surface area contributed by atoms with E-state index in [1.807, 2.05) is 6.92 Å². The number of carbonyl (C=O) groups is 1. The van der Waals surface area contributed by atoms with Crippen molar-refractivity contribution in [2.24, 2.45) is 0 Å². The van der Waals surface area contributed by atoms with Gasteiger partial charge in [0.15, 0.2) is 22.6 Å². The predicted molar refractivity (Wildman–Crippen MR) is 120 cm³/mol. The van der Waals surface area contributed by atoms with E-state index in [9.17, 15) is 22.8 Å². The van der Waals surface area contributed by atoms with Crippen molar-refractivity contribution < 1.29 is 18.0 Å². The summed E-state index contributed by atoms with van der Waals surface area (Å²) in [5.41, 5.74) is 0.458. The number of anilines is 1. The number of carbonyl (C=O) groups excluding carboxylic acids is 1. The topological polar surface area (TPSA) is 76.9 Å². The molecule has 168 valence electrons. The molecule has 0 saturated heterocycles. The second-order valence-electron chi connectivity index (χ2n) is 7.22. The van der Waals surface area contributed by atoms with E-state index < -0.39 is 34.3 Å². The highest BCUT2D eigenvalue weighted by Gasteiger charge is 2.23. The molecule has 6 nitrogen and oxygen atoms in total. The van der Waals surface area contributed by atoms with Crippen LogP contribution in [0.2, 0.25) is 0 Å². The molecule has 4 aromatic rings. The standard InChI is InChI=1S/C23H17F3N4O2S/c1-12-9-10-27-18(11-12)30-22(32)14-5-3-4-6-16(14)29-23(30)33-13(2)21(31)28-17-8-7-15(24)19(25)20(17)26/h3-11,13H,1-2H3,(H,28,31). The van der Waals surface area contributed by atoms with E-state index in [4.69, 9.17) is 0 Å². The first kappa shape index (κ1) is 22.5. The highest BCUT2D eigenvalue weighted by atomic mass is 32.2. The Morgan fingerprint density at radius 3 is 2.61 bits per heavy atom. The van der Waals surface area contributed by atoms with Crippen LogP contribution in [0.1, 0.15) is 12.5 Å². The molecule has 0 aliphatic heterocycles. The van der Waals surface area contributed by atoms with E-state index in [1.54, 1.807) is 42.6 Å². The summed E-state index contributed by atoms with van der Waals surface area (Å²) in [6, 6.07) is 11.9. The van der Waals surface area contributed by atoms with Crippen LogP contribution in [0.3, 0.4) is 0 Å². The number of benzene rings is 2. The van der Waals surface area contributed by atoms with Crippen molar-refractivity contribution in [1.82, 2.24) is 14.5 Å². The first-order valence-electron chi connectivity index (χ1n) is 9.82. The number of thioether (sulfide) groups is 1. The number of nitrogens with zero attached hydrogens (tertiary/aromatic N) is 3. The van der Waals surface area contributed by atoms with Gasteiger partial charge in [-0.25, -0.2) is 27.7 Å². The number of hydrogen-bond acceptors (Lipinski definition) is 5. The van der Waals surface area contributed by atoms with E-state index >= 15 is 0 Å². The molecule has 2 aromatic carbocycles. The second-order valence-corrected chi connectivity index (χ2v) is 8.52. The van der Waals surface area contributed by atoms with Crippen LogP contribution in [-0.4, -0.2) is 25.7 Å². The van der Waals surface area contributed by atoms with Crippen molar-refractivity contribution in [1.29, 1.82) is 0 Å². The van der Waals surface area contributed by atoms with Crippen LogP contribution in [0.5, 0.6) is 0 Å². The molecule has 1 unspecified atom stereocenters. The molecule has 33 heavy (non-hydrogen) atoms. The Morgan fingerprint density at radius 2 is 1.85 bits per heavy atom. The molecule has 0 radical (unpaired) electrons. The highest BCUT2D eigenvalue weighted by Crippen LogP contribution is 2.26. The zero-order valence-electron chi connectivity index (χ0n) is 17.5. The van der Waals surface area contributed by atoms with Gasteiger partial charge in [0, 0.05) is 6.20 Å². The number of aryl methyl sites for hydroxylation is 1. The van der Waals surface area contributed by atoms with E-state index in [2.05, 4.69) is 15.3 Å². The summed E-state index contributed by atoms with van der Waals surface area (Å²) in [6.45, 7) is 3.37. The molecule has 0 saturated carbocycles. The number of halogens is 3. The number of nitrogens with one attached hydrogen (secondary N) is 1. The van der Waals surface area contributed by atoms with Crippen LogP contribution in [0, 0.1) is 24.4 Å². The van der Waals surface area contributed by atoms with Gasteiger partial charge >= 0.3 is 0 Å². The van der Waals surface area contributed by atoms with Gasteiger partial charge in [0.2, 0.25) is 5.91 Å². The number of fused-ring (bicyclic) bond motifs is 1. The number of para-hydroxylation sites is 1. The largest absolute Gasteiger partial charge is 0.323 e. The number of rotatable bonds is 5. The van der Waals surface area contributed by atoms with Gasteiger partial charge < -0.3 is 5.32 Å². The van der Waals surface area contributed by atoms with Gasteiger partial charge in [0.25, 0.3) is 5.56 Å². The normalized spacial score (nSPS) is 12.0. The Hall–Kier alpha value is -3.66. The quantitative estimate of drug-likeness (QED) is 0.262. The average Bonchev–Trinajstić information content (AvgIpc) is 2.79. The third kappa shape index (κ3) is 4.47. The first-order chi connectivity index (χ1) is 15.8. The number of hydrogen-bond donors (Lipinski definition) is 1. The monoisotopic (exact) mass is 470 g/mol. The van der Waals surface area contributed by atoms with Crippen LogP contribution in [0.15, 0.2) is 64.7 Å². The van der Waals surface area contributed by atoms with E-state index in [0.717, 1.165) is 29.5 Å². The Labute approximate surface area is 190 Å². The smallest absolute Gasteiger partial charge is 0.267 e. The van der Waals surface area contributed by atoms with Crippen molar-refractivity contribution in [3.05, 3.63) is 88.1 Å². The molecule has 10 heteroatoms. The number of amides is 1. The fraction of sp³-hybridized carbons (Fsp3) is 0.130. The van der Waals surface area contributed by atoms with Gasteiger partial charge in [-0.15, -0.1) is 0 Å². The fourth-order valence-electron chi connectivity index (χ4n) is 3.10.